The van der Waals surface area contributed by atoms with Gasteiger partial charge in [-0.05, 0) is 12.5 Å². The molecule has 0 rings (SSSR count). The topological polar surface area (TPSA) is 45.7 Å². The number of quaternary nitrogens is 1. The first-order chi connectivity index (χ1) is 5.81. The second kappa shape index (κ2) is 8.27. The van der Waals surface area contributed by atoms with Crippen LogP contribution in [0.5, 0.6) is 0 Å². The predicted molar refractivity (Wildman–Crippen MR) is 49.8 cm³/mol. The van der Waals surface area contributed by atoms with Crippen molar-refractivity contribution < 1.29 is 10.1 Å². The van der Waals surface area contributed by atoms with Gasteiger partial charge in [0.2, 0.25) is 5.91 Å². The third kappa shape index (κ3) is 7.28. The van der Waals surface area contributed by atoms with Crippen molar-refractivity contribution in [3.63, 3.8) is 0 Å². The number of nitrogens with one attached hydrogen (secondary N) is 1. The van der Waals surface area contributed by atoms with Crippen LogP contribution in [0.15, 0.2) is 12.7 Å². The van der Waals surface area contributed by atoms with Crippen LogP contribution in [-0.2, 0) is 4.79 Å². The number of rotatable bonds is 7. The number of carbonyl (C=O) groups excluding carboxylic acids is 1. The summed E-state index contributed by atoms with van der Waals surface area (Å²) in [5, 5.41) is 4.94. The Bertz CT molecular complexity index is 134. The van der Waals surface area contributed by atoms with E-state index in [-0.39, 0.29) is 5.91 Å². The summed E-state index contributed by atoms with van der Waals surface area (Å²) in [6, 6.07) is 0. The number of carbonyl (C=O) groups is 1. The summed E-state index contributed by atoms with van der Waals surface area (Å²) < 4.78 is 0. The highest BCUT2D eigenvalue weighted by Crippen LogP contribution is 1.77. The van der Waals surface area contributed by atoms with Crippen molar-refractivity contribution in [2.75, 3.05) is 19.6 Å². The van der Waals surface area contributed by atoms with Gasteiger partial charge in [0, 0.05) is 0 Å². The van der Waals surface area contributed by atoms with Crippen molar-refractivity contribution in [1.82, 2.24) is 5.32 Å². The summed E-state index contributed by atoms with van der Waals surface area (Å²) >= 11 is 0. The fraction of sp³-hybridized carbons (Fsp3) is 0.667. The Morgan fingerprint density at radius 3 is 2.92 bits per heavy atom. The van der Waals surface area contributed by atoms with Crippen LogP contribution >= 0.6 is 0 Å². The first-order valence-electron chi connectivity index (χ1n) is 4.53. The van der Waals surface area contributed by atoms with Gasteiger partial charge in [0.1, 0.15) is 0 Å². The van der Waals surface area contributed by atoms with Gasteiger partial charge in [-0.1, -0.05) is 19.9 Å². The monoisotopic (exact) mass is 171 g/mol. The molecule has 0 saturated carbocycles. The van der Waals surface area contributed by atoms with Crippen LogP contribution in [0.2, 0.25) is 0 Å². The zero-order valence-electron chi connectivity index (χ0n) is 7.81. The fourth-order valence-electron chi connectivity index (χ4n) is 0.862. The predicted octanol–water partition coefficient (Wildman–Crippen LogP) is -0.348. The number of hydrogen-bond donors (Lipinski definition) is 2. The molecule has 0 unspecified atom stereocenters. The molecule has 0 aromatic heterocycles. The molecule has 0 saturated heterocycles. The molecule has 0 fully saturated rings. The van der Waals surface area contributed by atoms with E-state index in [1.807, 2.05) is 0 Å². The van der Waals surface area contributed by atoms with Gasteiger partial charge in [-0.2, -0.15) is 0 Å². The number of hydrogen-bond acceptors (Lipinski definition) is 1. The molecule has 0 spiro atoms. The van der Waals surface area contributed by atoms with Crippen LogP contribution in [-0.4, -0.2) is 25.5 Å². The lowest BCUT2D eigenvalue weighted by atomic mass is 10.3. The summed E-state index contributed by atoms with van der Waals surface area (Å²) in [6.07, 6.45) is 3.77. The maximum atomic E-state index is 10.7. The van der Waals surface area contributed by atoms with Crippen LogP contribution in [0.1, 0.15) is 19.8 Å². The van der Waals surface area contributed by atoms with E-state index in [1.165, 1.54) is 18.9 Å². The van der Waals surface area contributed by atoms with E-state index in [1.54, 1.807) is 0 Å². The van der Waals surface area contributed by atoms with Gasteiger partial charge in [-0.15, -0.1) is 0 Å². The van der Waals surface area contributed by atoms with Crippen LogP contribution in [0.25, 0.3) is 0 Å². The molecule has 0 aromatic rings. The quantitative estimate of drug-likeness (QED) is 0.399. The summed E-state index contributed by atoms with van der Waals surface area (Å²) in [4.78, 5) is 10.7. The Hall–Kier alpha value is -0.830. The number of nitrogens with two attached hydrogens (primary N) is 1. The first kappa shape index (κ1) is 11.2. The number of amides is 1. The van der Waals surface area contributed by atoms with E-state index in [0.717, 1.165) is 19.6 Å². The lowest BCUT2D eigenvalue weighted by Gasteiger charge is -2.01. The van der Waals surface area contributed by atoms with E-state index < -0.39 is 0 Å². The summed E-state index contributed by atoms with van der Waals surface area (Å²) in [7, 11) is 0. The molecule has 0 atom stereocenters. The molecule has 0 bridgehead atoms. The minimum atomic E-state index is -0.0844. The van der Waals surface area contributed by atoms with Gasteiger partial charge < -0.3 is 10.6 Å². The third-order valence-corrected chi connectivity index (χ3v) is 1.59. The van der Waals surface area contributed by atoms with E-state index in [2.05, 4.69) is 24.1 Å². The fourth-order valence-corrected chi connectivity index (χ4v) is 0.862. The van der Waals surface area contributed by atoms with Crippen LogP contribution in [0, 0.1) is 0 Å². The highest BCUT2D eigenvalue weighted by atomic mass is 16.1. The normalized spacial score (nSPS) is 9.42. The minimum absolute atomic E-state index is 0.0844. The lowest BCUT2D eigenvalue weighted by Crippen LogP contribution is -2.85. The van der Waals surface area contributed by atoms with Crippen LogP contribution in [0.3, 0.4) is 0 Å². The van der Waals surface area contributed by atoms with Gasteiger partial charge in [-0.25, -0.2) is 0 Å². The Balaban J connectivity index is 3.00. The maximum absolute atomic E-state index is 10.7. The van der Waals surface area contributed by atoms with E-state index in [9.17, 15) is 4.79 Å². The first-order valence-corrected chi connectivity index (χ1v) is 4.53. The van der Waals surface area contributed by atoms with Crippen LogP contribution in [0.4, 0.5) is 0 Å². The zero-order valence-corrected chi connectivity index (χ0v) is 7.81. The Labute approximate surface area is 74.2 Å². The van der Waals surface area contributed by atoms with Gasteiger partial charge >= 0.3 is 0 Å². The zero-order chi connectivity index (χ0) is 9.23. The summed E-state index contributed by atoms with van der Waals surface area (Å²) in [5.74, 6) is -0.0844. The van der Waals surface area contributed by atoms with Crippen molar-refractivity contribution in [2.45, 2.75) is 19.8 Å². The highest BCUT2D eigenvalue weighted by molar-refractivity contribution is 5.86. The average molecular weight is 171 g/mol. The lowest BCUT2D eigenvalue weighted by molar-refractivity contribution is -0.653. The highest BCUT2D eigenvalue weighted by Gasteiger charge is 1.93. The van der Waals surface area contributed by atoms with Crippen molar-refractivity contribution in [2.24, 2.45) is 0 Å². The molecule has 0 aliphatic heterocycles. The van der Waals surface area contributed by atoms with Gasteiger partial charge in [0.05, 0.1) is 19.6 Å². The second-order valence-corrected chi connectivity index (χ2v) is 2.71. The molecule has 0 aromatic carbocycles. The Morgan fingerprint density at radius 1 is 1.58 bits per heavy atom. The minimum Gasteiger partial charge on any atom is -0.347 e. The van der Waals surface area contributed by atoms with Gasteiger partial charge in [-0.3, -0.25) is 4.79 Å². The molecular formula is C9H19N2O+. The standard InChI is InChI=1S/C9H18N2O/c1-3-5-6-10-7-8-11-9(12)4-2/h4,10H,2-3,5-8H2,1H3,(H,11,12)/p+1. The van der Waals surface area contributed by atoms with Crippen LogP contribution < -0.4 is 10.6 Å². The van der Waals surface area contributed by atoms with Crippen molar-refractivity contribution >= 4 is 5.91 Å². The number of unbranched alkanes of at least 4 members (excludes halogenated alkanes) is 1. The summed E-state index contributed by atoms with van der Waals surface area (Å²) in [6.45, 7) is 8.38. The van der Waals surface area contributed by atoms with Crippen molar-refractivity contribution in [3.8, 4) is 0 Å². The van der Waals surface area contributed by atoms with E-state index >= 15 is 0 Å². The van der Waals surface area contributed by atoms with E-state index in [0.29, 0.717) is 0 Å². The Kier molecular flexibility index (Phi) is 7.70. The van der Waals surface area contributed by atoms with Gasteiger partial charge in [0.15, 0.2) is 0 Å². The molecule has 0 aliphatic carbocycles. The van der Waals surface area contributed by atoms with E-state index in [4.69, 9.17) is 0 Å². The molecule has 0 aliphatic rings. The largest absolute Gasteiger partial charge is 0.347 e. The molecule has 0 heterocycles. The molecule has 1 amide bonds. The molecule has 70 valence electrons. The smallest absolute Gasteiger partial charge is 0.243 e. The SMILES string of the molecule is C=CC(=O)NCC[NH2+]CCCC. The second-order valence-electron chi connectivity index (χ2n) is 2.71. The molecule has 3 heteroatoms. The maximum Gasteiger partial charge on any atom is 0.243 e. The molecule has 3 nitrogen and oxygen atoms in total. The molecular weight excluding hydrogens is 152 g/mol. The molecule has 12 heavy (non-hydrogen) atoms. The molecule has 3 N–H and O–H groups in total. The van der Waals surface area contributed by atoms with Crippen molar-refractivity contribution in [3.05, 3.63) is 12.7 Å². The molecule has 0 radical (unpaired) electrons. The third-order valence-electron chi connectivity index (χ3n) is 1.59. The summed E-state index contributed by atoms with van der Waals surface area (Å²) in [5.41, 5.74) is 0. The van der Waals surface area contributed by atoms with Gasteiger partial charge in [0.25, 0.3) is 0 Å². The Morgan fingerprint density at radius 2 is 2.33 bits per heavy atom. The average Bonchev–Trinajstić information content (AvgIpc) is 2.10. The van der Waals surface area contributed by atoms with Crippen molar-refractivity contribution in [1.29, 1.82) is 0 Å².